The monoisotopic (exact) mass is 202 g/mol. The van der Waals surface area contributed by atoms with Crippen LogP contribution in [0.1, 0.15) is 34.1 Å². The molecule has 0 bridgehead atoms. The summed E-state index contributed by atoms with van der Waals surface area (Å²) in [6, 6.07) is 0. The Bertz CT molecular complexity index is 230. The van der Waals surface area contributed by atoms with Crippen LogP contribution in [0.4, 0.5) is 0 Å². The van der Waals surface area contributed by atoms with Gasteiger partial charge in [-0.1, -0.05) is 27.7 Å². The van der Waals surface area contributed by atoms with Gasteiger partial charge < -0.3 is 10.2 Å². The van der Waals surface area contributed by atoms with Crippen LogP contribution in [0, 0.1) is 17.3 Å². The summed E-state index contributed by atoms with van der Waals surface area (Å²) >= 11 is 0. The summed E-state index contributed by atoms with van der Waals surface area (Å²) in [5.74, 6) is -2.58. The molecule has 0 rings (SSSR count). The van der Waals surface area contributed by atoms with Gasteiger partial charge in [-0.25, -0.2) is 0 Å². The van der Waals surface area contributed by atoms with Gasteiger partial charge in [0.25, 0.3) is 0 Å². The van der Waals surface area contributed by atoms with Crippen molar-refractivity contribution in [2.24, 2.45) is 17.3 Å². The van der Waals surface area contributed by atoms with Crippen LogP contribution in [0.2, 0.25) is 0 Å². The van der Waals surface area contributed by atoms with E-state index in [0.717, 1.165) is 0 Å². The Morgan fingerprint density at radius 2 is 1.64 bits per heavy atom. The predicted molar refractivity (Wildman–Crippen MR) is 52.0 cm³/mol. The minimum atomic E-state index is -0.957. The molecule has 0 fully saturated rings. The fourth-order valence-electron chi connectivity index (χ4n) is 2.02. The topological polar surface area (TPSA) is 74.6 Å². The van der Waals surface area contributed by atoms with Gasteiger partial charge in [0.05, 0.1) is 12.3 Å². The van der Waals surface area contributed by atoms with Crippen molar-refractivity contribution in [3.05, 3.63) is 0 Å². The number of aliphatic carboxylic acids is 2. The molecule has 0 saturated carbocycles. The maximum Gasteiger partial charge on any atom is 0.307 e. The SMILES string of the molecule is CC(C)C(C(=O)O)C(C)(C)CC(=O)O. The molecule has 0 aliphatic rings. The number of rotatable bonds is 5. The minimum absolute atomic E-state index is 0.0677. The first-order chi connectivity index (χ1) is 6.18. The van der Waals surface area contributed by atoms with Gasteiger partial charge in [0, 0.05) is 0 Å². The normalized spacial score (nSPS) is 14.1. The number of hydrogen-bond donors (Lipinski definition) is 2. The Balaban J connectivity index is 4.80. The third-order valence-electron chi connectivity index (χ3n) is 2.38. The third-order valence-corrected chi connectivity index (χ3v) is 2.38. The van der Waals surface area contributed by atoms with Crippen LogP contribution in [-0.4, -0.2) is 22.2 Å². The molecule has 1 unspecified atom stereocenters. The van der Waals surface area contributed by atoms with E-state index in [9.17, 15) is 9.59 Å². The van der Waals surface area contributed by atoms with Crippen LogP contribution in [-0.2, 0) is 9.59 Å². The molecule has 0 aromatic heterocycles. The molecule has 2 N–H and O–H groups in total. The highest BCUT2D eigenvalue weighted by Gasteiger charge is 2.38. The highest BCUT2D eigenvalue weighted by Crippen LogP contribution is 2.35. The smallest absolute Gasteiger partial charge is 0.307 e. The zero-order valence-corrected chi connectivity index (χ0v) is 9.07. The van der Waals surface area contributed by atoms with Crippen molar-refractivity contribution < 1.29 is 19.8 Å². The highest BCUT2D eigenvalue weighted by molar-refractivity contribution is 5.74. The van der Waals surface area contributed by atoms with E-state index in [-0.39, 0.29) is 12.3 Å². The molecule has 0 aromatic rings. The molecule has 0 aliphatic carbocycles. The second-order valence-corrected chi connectivity index (χ2v) is 4.62. The van der Waals surface area contributed by atoms with Crippen LogP contribution < -0.4 is 0 Å². The predicted octanol–water partition coefficient (Wildman–Crippen LogP) is 1.84. The molecule has 0 aliphatic heterocycles. The molecule has 4 heteroatoms. The summed E-state index contributed by atoms with van der Waals surface area (Å²) in [5.41, 5.74) is -0.716. The Kier molecular flexibility index (Phi) is 4.10. The third kappa shape index (κ3) is 3.36. The summed E-state index contributed by atoms with van der Waals surface area (Å²) in [6.07, 6.45) is -0.123. The van der Waals surface area contributed by atoms with Crippen molar-refractivity contribution >= 4 is 11.9 Å². The fraction of sp³-hybridized carbons (Fsp3) is 0.800. The first-order valence-corrected chi connectivity index (χ1v) is 4.63. The van der Waals surface area contributed by atoms with Gasteiger partial charge in [-0.3, -0.25) is 9.59 Å². The molecular formula is C10H18O4. The maximum atomic E-state index is 11.0. The zero-order chi connectivity index (χ0) is 11.5. The molecule has 4 nitrogen and oxygen atoms in total. The summed E-state index contributed by atoms with van der Waals surface area (Å²) in [5, 5.41) is 17.7. The van der Waals surface area contributed by atoms with Gasteiger partial charge in [-0.2, -0.15) is 0 Å². The lowest BCUT2D eigenvalue weighted by Gasteiger charge is -2.32. The summed E-state index contributed by atoms with van der Waals surface area (Å²) in [7, 11) is 0. The Hall–Kier alpha value is -1.06. The minimum Gasteiger partial charge on any atom is -0.481 e. The largest absolute Gasteiger partial charge is 0.481 e. The molecule has 82 valence electrons. The van der Waals surface area contributed by atoms with Crippen LogP contribution in [0.25, 0.3) is 0 Å². The lowest BCUT2D eigenvalue weighted by Crippen LogP contribution is -2.36. The highest BCUT2D eigenvalue weighted by atomic mass is 16.4. The van der Waals surface area contributed by atoms with E-state index in [0.29, 0.717) is 0 Å². The summed E-state index contributed by atoms with van der Waals surface area (Å²) in [6.45, 7) is 6.95. The molecule has 0 aromatic carbocycles. The molecule has 0 amide bonds. The standard InChI is InChI=1S/C10H18O4/c1-6(2)8(9(13)14)10(3,4)5-7(11)12/h6,8H,5H2,1-4H3,(H,11,12)(H,13,14). The van der Waals surface area contributed by atoms with E-state index in [1.807, 2.05) is 0 Å². The van der Waals surface area contributed by atoms with Crippen molar-refractivity contribution in [1.29, 1.82) is 0 Å². The molecular weight excluding hydrogens is 184 g/mol. The molecule has 0 heterocycles. The van der Waals surface area contributed by atoms with Gasteiger partial charge >= 0.3 is 11.9 Å². The number of carbonyl (C=O) groups is 2. The Labute approximate surface area is 83.9 Å². The van der Waals surface area contributed by atoms with Gasteiger partial charge in [0.1, 0.15) is 0 Å². The molecule has 14 heavy (non-hydrogen) atoms. The van der Waals surface area contributed by atoms with E-state index in [4.69, 9.17) is 10.2 Å². The summed E-state index contributed by atoms with van der Waals surface area (Å²) in [4.78, 5) is 21.5. The Morgan fingerprint density at radius 1 is 1.21 bits per heavy atom. The van der Waals surface area contributed by atoms with E-state index in [2.05, 4.69) is 0 Å². The van der Waals surface area contributed by atoms with E-state index < -0.39 is 23.3 Å². The lowest BCUT2D eigenvalue weighted by molar-refractivity contribution is -0.151. The zero-order valence-electron chi connectivity index (χ0n) is 9.07. The van der Waals surface area contributed by atoms with Gasteiger partial charge in [0.15, 0.2) is 0 Å². The average Bonchev–Trinajstić information content (AvgIpc) is 1.77. The van der Waals surface area contributed by atoms with Gasteiger partial charge in [-0.15, -0.1) is 0 Å². The van der Waals surface area contributed by atoms with Crippen molar-refractivity contribution in [3.8, 4) is 0 Å². The van der Waals surface area contributed by atoms with Crippen LogP contribution in [0.3, 0.4) is 0 Å². The van der Waals surface area contributed by atoms with Gasteiger partial charge in [0.2, 0.25) is 0 Å². The van der Waals surface area contributed by atoms with Crippen molar-refractivity contribution in [2.45, 2.75) is 34.1 Å². The first-order valence-electron chi connectivity index (χ1n) is 4.63. The number of hydrogen-bond acceptors (Lipinski definition) is 2. The van der Waals surface area contributed by atoms with Crippen LogP contribution >= 0.6 is 0 Å². The van der Waals surface area contributed by atoms with Crippen molar-refractivity contribution in [1.82, 2.24) is 0 Å². The fourth-order valence-corrected chi connectivity index (χ4v) is 2.02. The second-order valence-electron chi connectivity index (χ2n) is 4.62. The Morgan fingerprint density at radius 3 is 1.86 bits per heavy atom. The second kappa shape index (κ2) is 4.44. The molecule has 0 spiro atoms. The molecule has 1 atom stereocenters. The van der Waals surface area contributed by atoms with Crippen molar-refractivity contribution in [2.75, 3.05) is 0 Å². The van der Waals surface area contributed by atoms with E-state index in [1.54, 1.807) is 27.7 Å². The molecule has 0 radical (unpaired) electrons. The maximum absolute atomic E-state index is 11.0. The number of carboxylic acids is 2. The first kappa shape index (κ1) is 12.9. The van der Waals surface area contributed by atoms with E-state index >= 15 is 0 Å². The van der Waals surface area contributed by atoms with Crippen LogP contribution in [0.5, 0.6) is 0 Å². The molecule has 0 saturated heterocycles. The quantitative estimate of drug-likeness (QED) is 0.713. The van der Waals surface area contributed by atoms with Crippen LogP contribution in [0.15, 0.2) is 0 Å². The van der Waals surface area contributed by atoms with Crippen molar-refractivity contribution in [3.63, 3.8) is 0 Å². The number of carboxylic acid groups (broad SMARTS) is 2. The van der Waals surface area contributed by atoms with E-state index in [1.165, 1.54) is 0 Å². The summed E-state index contributed by atoms with van der Waals surface area (Å²) < 4.78 is 0. The average molecular weight is 202 g/mol. The van der Waals surface area contributed by atoms with Gasteiger partial charge in [-0.05, 0) is 11.3 Å². The lowest BCUT2D eigenvalue weighted by atomic mass is 9.71.